The van der Waals surface area contributed by atoms with Gasteiger partial charge < -0.3 is 133 Å². The van der Waals surface area contributed by atoms with Gasteiger partial charge in [0.1, 0.15) is 102 Å². The standard InChI is InChI=1S/C71H104N22O24S4/c1-6-32(4)55-69(115)89-47(63(109)80-37(56(75)102)17-34-11-13-36(96)14-12-34)29-121-120-28-46-65(111)85-42(24-94)60(106)83-40(18-35-23-76-30-77-35)70(116)92-15-7-9-48(92)66(112)78-33(5)57(103)87-45(27-119-118-26-44(62(108)88-46)79-52(99)22-72)64(110)86-43(25-95)61(107)90-54(31(2)3)68(114)82-38(19-50(73)97)58(104)84-41(20-51(74)98)71(117)93-16-8-10-49(93)67(113)81-39(21-53(100)101)59(105)91-55/h11-14,23,30-33,37-49,54-55,94-96H,6-10,15-22,24-29,72H2,1-5H3,(H2,73,97)(H2,74,98)(H2,75,102)(H,76,77)(H,78,112)(H,79,99)(H,80,109)(H,81,113)(H,82,114)(H,83,106)(H,84,104)(H,85,111)(H,86,110)(H,87,103)(H,88,108)(H,89,115)(H,90,107)(H,91,105)(H,100,101)/t32-,33-,37-,38-,39-,40-,41-,42-,43-,44-,45-,46-,47-,48-,49-,54-,55-/m0/s1. The third-order valence-corrected chi connectivity index (χ3v) is 24.5. The van der Waals surface area contributed by atoms with Crippen molar-refractivity contribution in [2.45, 2.75) is 195 Å². The van der Waals surface area contributed by atoms with Gasteiger partial charge in [0.25, 0.3) is 0 Å². The van der Waals surface area contributed by atoms with Crippen molar-refractivity contribution in [1.82, 2.24) is 94.2 Å². The number of aromatic amines is 1. The molecule has 4 aliphatic rings. The number of amides is 19. The summed E-state index contributed by atoms with van der Waals surface area (Å²) in [6.45, 7) is 3.54. The van der Waals surface area contributed by atoms with Crippen molar-refractivity contribution in [2.75, 3.05) is 55.9 Å². The summed E-state index contributed by atoms with van der Waals surface area (Å²) in [5.41, 5.74) is 23.2. The Kier molecular flexibility index (Phi) is 39.0. The Morgan fingerprint density at radius 2 is 1.02 bits per heavy atom. The molecule has 2 aromatic rings. The first-order valence-corrected chi connectivity index (χ1v) is 43.3. The molecule has 17 atom stereocenters. The highest BCUT2D eigenvalue weighted by Gasteiger charge is 2.45. The molecule has 19 amide bonds. The number of benzene rings is 1. The van der Waals surface area contributed by atoms with Crippen LogP contribution in [0.25, 0.3) is 0 Å². The molecule has 0 aliphatic carbocycles. The van der Waals surface area contributed by atoms with Gasteiger partial charge in [-0.25, -0.2) is 4.98 Å². The molecule has 1 aromatic carbocycles. The van der Waals surface area contributed by atoms with Crippen molar-refractivity contribution in [2.24, 2.45) is 34.8 Å². The molecule has 4 aliphatic heterocycles. The molecule has 5 heterocycles. The lowest BCUT2D eigenvalue weighted by Crippen LogP contribution is -2.62. The zero-order valence-corrected chi connectivity index (χ0v) is 69.8. The molecule has 2 bridgehead atoms. The Morgan fingerprint density at radius 1 is 0.545 bits per heavy atom. The number of phenols is 1. The zero-order valence-electron chi connectivity index (χ0n) is 66.5. The Morgan fingerprint density at radius 3 is 1.55 bits per heavy atom. The van der Waals surface area contributed by atoms with Gasteiger partial charge in [0.05, 0.1) is 45.3 Å². The minimum absolute atomic E-state index is 0.00796. The molecule has 121 heavy (non-hydrogen) atoms. The lowest BCUT2D eigenvalue weighted by Gasteiger charge is -2.31. The van der Waals surface area contributed by atoms with E-state index < -0.39 is 289 Å². The zero-order chi connectivity index (χ0) is 89.6. The largest absolute Gasteiger partial charge is 0.508 e. The van der Waals surface area contributed by atoms with Gasteiger partial charge in [-0.3, -0.25) is 95.9 Å². The number of hydrogen-bond donors (Lipinski definition) is 23. The number of carboxylic acid groups (broad SMARTS) is 1. The maximum absolute atomic E-state index is 14.9. The molecule has 27 N–H and O–H groups in total. The van der Waals surface area contributed by atoms with Crippen molar-refractivity contribution >= 4 is 161 Å². The van der Waals surface area contributed by atoms with Crippen LogP contribution in [0.4, 0.5) is 0 Å². The number of aliphatic hydroxyl groups excluding tert-OH is 2. The van der Waals surface area contributed by atoms with E-state index in [1.807, 2.05) is 0 Å². The number of phenolic OH excluding ortho intramolecular Hbond substituents is 1. The van der Waals surface area contributed by atoms with E-state index >= 15 is 0 Å². The number of nitrogens with two attached hydrogens (primary N) is 4. The highest BCUT2D eigenvalue weighted by atomic mass is 33.1. The summed E-state index contributed by atoms with van der Waals surface area (Å²) in [6, 6.07) is -22.9. The topological polar surface area (TPSA) is 730 Å². The SMILES string of the molecule is CC[C@H](C)[C@@H]1NC(=O)[C@H](CC(=O)O)NC(=O)[C@@H]2CCCN2C(=O)[C@H](CC(N)=O)NC(=O)[C@H](CC(N)=O)NC(=O)[C@H](C(C)C)NC(=O)[C@H](CO)NC(=O)[C@@H]2CSSC[C@H](NC(=O)CN)C(=O)N[C@@H](CSSC[C@@H](C(=O)N[C@@H](Cc3ccc(O)cc3)C(N)=O)NC1=O)C(=O)N[C@@H](CO)C(=O)N[C@@H](Cc1cnc[nH]1)C(=O)N1CCC[C@H]1C(=O)N[C@@H](C)C(=O)N2. The second-order valence-electron chi connectivity index (χ2n) is 29.1. The molecule has 666 valence electrons. The van der Waals surface area contributed by atoms with Crippen LogP contribution in [0.1, 0.15) is 97.2 Å². The Labute approximate surface area is 708 Å². The Balaban J connectivity index is 1.51. The molecule has 6 rings (SSSR count). The van der Waals surface area contributed by atoms with E-state index in [1.165, 1.54) is 64.5 Å². The van der Waals surface area contributed by atoms with Crippen molar-refractivity contribution < 1.29 is 116 Å². The molecule has 46 nitrogen and oxygen atoms in total. The number of aromatic hydroxyl groups is 1. The van der Waals surface area contributed by atoms with E-state index in [4.69, 9.17) is 22.9 Å². The third kappa shape index (κ3) is 29.9. The number of rotatable bonds is 20. The predicted octanol–water partition coefficient (Wildman–Crippen LogP) is -10.2. The average Bonchev–Trinajstić information content (AvgIpc) is 1.80. The average molecular weight is 1780 g/mol. The lowest BCUT2D eigenvalue weighted by atomic mass is 9.97. The van der Waals surface area contributed by atoms with Gasteiger partial charge in [-0.15, -0.1) is 0 Å². The third-order valence-electron chi connectivity index (χ3n) is 19.6. The number of carbonyl (C=O) groups is 20. The predicted molar refractivity (Wildman–Crippen MR) is 433 cm³/mol. The fourth-order valence-electron chi connectivity index (χ4n) is 12.8. The van der Waals surface area contributed by atoms with Crippen LogP contribution in [0, 0.1) is 11.8 Å². The molecule has 50 heteroatoms. The minimum atomic E-state index is -2.07. The van der Waals surface area contributed by atoms with E-state index in [0.29, 0.717) is 27.2 Å². The number of carbonyl (C=O) groups excluding carboxylic acids is 19. The molecule has 0 spiro atoms. The van der Waals surface area contributed by atoms with E-state index in [1.54, 1.807) is 6.92 Å². The maximum atomic E-state index is 14.9. The van der Waals surface area contributed by atoms with Crippen molar-refractivity contribution in [3.63, 3.8) is 0 Å². The Bertz CT molecular complexity index is 4120. The van der Waals surface area contributed by atoms with Gasteiger partial charge in [0.2, 0.25) is 112 Å². The van der Waals surface area contributed by atoms with Crippen LogP contribution < -0.4 is 97.4 Å². The molecular weight excluding hydrogens is 1670 g/mol. The number of imidazole rings is 1. The second-order valence-corrected chi connectivity index (χ2v) is 34.2. The number of carboxylic acids is 1. The van der Waals surface area contributed by atoms with Crippen molar-refractivity contribution in [3.8, 4) is 5.75 Å². The van der Waals surface area contributed by atoms with Crippen LogP contribution in [0.15, 0.2) is 36.8 Å². The number of nitrogens with one attached hydrogen (secondary N) is 15. The number of H-pyrrole nitrogens is 1. The van der Waals surface area contributed by atoms with Gasteiger partial charge in [-0.05, 0) is 62.1 Å². The second kappa shape index (κ2) is 47.8. The highest BCUT2D eigenvalue weighted by Crippen LogP contribution is 2.28. The number of nitrogens with zero attached hydrogens (tertiary/aromatic N) is 3. The van der Waals surface area contributed by atoms with Gasteiger partial charge in [-0.2, -0.15) is 0 Å². The first-order valence-electron chi connectivity index (χ1n) is 38.4. The number of fused-ring (bicyclic) bond motifs is 10. The van der Waals surface area contributed by atoms with Crippen LogP contribution in [0.5, 0.6) is 5.75 Å². The first-order chi connectivity index (χ1) is 57.3. The normalized spacial score (nSPS) is 27.1. The van der Waals surface area contributed by atoms with Crippen LogP contribution >= 0.6 is 43.2 Å². The number of aliphatic hydroxyl groups is 2. The monoisotopic (exact) mass is 1780 g/mol. The van der Waals surface area contributed by atoms with Crippen LogP contribution in [-0.2, 0) is 109 Å². The summed E-state index contributed by atoms with van der Waals surface area (Å²) in [4.78, 5) is 292. The maximum Gasteiger partial charge on any atom is 0.305 e. The van der Waals surface area contributed by atoms with E-state index in [9.17, 15) is 116 Å². The minimum Gasteiger partial charge on any atom is -0.508 e. The van der Waals surface area contributed by atoms with Crippen LogP contribution in [-0.4, -0.2) is 311 Å². The number of aliphatic carboxylic acids is 1. The quantitative estimate of drug-likeness (QED) is 0.0547. The summed E-state index contributed by atoms with van der Waals surface area (Å²) in [5, 5.41) is 75.4. The summed E-state index contributed by atoms with van der Waals surface area (Å²) < 4.78 is 0. The summed E-state index contributed by atoms with van der Waals surface area (Å²) in [6.07, 6.45) is -1.16. The molecule has 0 unspecified atom stereocenters. The number of hydrogen-bond acceptors (Lipinski definition) is 29. The van der Waals surface area contributed by atoms with E-state index in [-0.39, 0.29) is 69.5 Å². The van der Waals surface area contributed by atoms with Gasteiger partial charge in [-0.1, -0.05) is 89.4 Å². The number of aromatic nitrogens is 2. The summed E-state index contributed by atoms with van der Waals surface area (Å²) in [7, 11) is 2.92. The molecular formula is C71H104N22O24S4. The summed E-state index contributed by atoms with van der Waals surface area (Å²) in [5.74, 6) is -27.9. The molecule has 4 saturated heterocycles. The van der Waals surface area contributed by atoms with E-state index in [2.05, 4.69) is 84.4 Å². The molecule has 4 fully saturated rings. The highest BCUT2D eigenvalue weighted by molar-refractivity contribution is 8.77. The van der Waals surface area contributed by atoms with Crippen LogP contribution in [0.3, 0.4) is 0 Å². The van der Waals surface area contributed by atoms with Crippen LogP contribution in [0.2, 0.25) is 0 Å². The molecule has 1 aromatic heterocycles. The lowest BCUT2D eigenvalue weighted by molar-refractivity contribution is -0.145. The smallest absolute Gasteiger partial charge is 0.305 e. The van der Waals surface area contributed by atoms with Gasteiger partial charge in [0, 0.05) is 60.8 Å². The molecule has 0 saturated carbocycles. The number of primary amides is 3. The van der Waals surface area contributed by atoms with Crippen molar-refractivity contribution in [3.05, 3.63) is 48.0 Å². The fraction of sp³-hybridized carbons (Fsp3) is 0.592. The fourth-order valence-corrected chi connectivity index (χ4v) is 17.4. The molecule has 0 radical (unpaired) electrons. The first kappa shape index (κ1) is 98.7. The van der Waals surface area contributed by atoms with Gasteiger partial charge >= 0.3 is 5.97 Å². The summed E-state index contributed by atoms with van der Waals surface area (Å²) >= 11 is 0. The van der Waals surface area contributed by atoms with Crippen molar-refractivity contribution in [1.29, 1.82) is 0 Å². The van der Waals surface area contributed by atoms with E-state index in [0.717, 1.165) is 31.4 Å². The van der Waals surface area contributed by atoms with Gasteiger partial charge in [0.15, 0.2) is 0 Å². The Hall–Kier alpha value is -11.1.